The molecule has 0 bridgehead atoms. The van der Waals surface area contributed by atoms with E-state index in [2.05, 4.69) is 138 Å². The minimum absolute atomic E-state index is 0.150. The van der Waals surface area contributed by atoms with Gasteiger partial charge in [0, 0.05) is 50.4 Å². The molecule has 0 unspecified atom stereocenters. The second-order valence-corrected chi connectivity index (χ2v) is 17.1. The highest BCUT2D eigenvalue weighted by molar-refractivity contribution is 6.12. The average molecular weight is 893 g/mol. The number of anilines is 3. The Balaban J connectivity index is 0.913. The van der Waals surface area contributed by atoms with E-state index in [1.54, 1.807) is 12.1 Å². The van der Waals surface area contributed by atoms with Crippen LogP contribution in [0.4, 0.5) is 39.0 Å². The summed E-state index contributed by atoms with van der Waals surface area (Å²) < 4.78 is 81.1. The molecule has 0 radical (unpaired) electrons. The Kier molecular flexibility index (Phi) is 8.82. The molecule has 0 amide bonds. The van der Waals surface area contributed by atoms with Gasteiger partial charge in [-0.1, -0.05) is 121 Å². The first-order valence-electron chi connectivity index (χ1n) is 22.1. The number of hydrogen-bond acceptors (Lipinski definition) is 2. The average Bonchev–Trinajstić information content (AvgIpc) is 3.92. The Hall–Kier alpha value is -8.75. The van der Waals surface area contributed by atoms with Gasteiger partial charge in [-0.05, 0) is 122 Å². The molecule has 0 saturated carbocycles. The van der Waals surface area contributed by atoms with Crippen molar-refractivity contribution in [1.29, 1.82) is 0 Å². The van der Waals surface area contributed by atoms with Gasteiger partial charge in [0.1, 0.15) is 11.2 Å². The molecule has 2 aromatic heterocycles. The summed E-state index contributed by atoms with van der Waals surface area (Å²) in [6.45, 7) is 0. The van der Waals surface area contributed by atoms with E-state index in [9.17, 15) is 22.0 Å². The van der Waals surface area contributed by atoms with Crippen molar-refractivity contribution in [2.24, 2.45) is 0 Å². The normalized spacial score (nSPS) is 11.9. The summed E-state index contributed by atoms with van der Waals surface area (Å²) in [6.07, 6.45) is 0. The summed E-state index contributed by atoms with van der Waals surface area (Å²) in [7, 11) is 0. The summed E-state index contributed by atoms with van der Waals surface area (Å²) >= 11 is 0. The Morgan fingerprint density at radius 3 is 1.66 bits per heavy atom. The molecule has 324 valence electrons. The maximum absolute atomic E-state index is 15.0. The van der Waals surface area contributed by atoms with Gasteiger partial charge < -0.3 is 13.9 Å². The van der Waals surface area contributed by atoms with E-state index in [0.29, 0.717) is 5.69 Å². The fourth-order valence-electron chi connectivity index (χ4n) is 10.1. The number of benzene rings is 11. The first-order chi connectivity index (χ1) is 33.3. The lowest BCUT2D eigenvalue weighted by Crippen LogP contribution is -2.10. The molecule has 68 heavy (non-hydrogen) atoms. The van der Waals surface area contributed by atoms with Crippen molar-refractivity contribution in [2.45, 2.75) is 0 Å². The van der Waals surface area contributed by atoms with E-state index in [-0.39, 0.29) is 5.56 Å². The van der Waals surface area contributed by atoms with Crippen LogP contribution in [0.5, 0.6) is 0 Å². The van der Waals surface area contributed by atoms with Crippen LogP contribution in [0, 0.1) is 29.1 Å². The summed E-state index contributed by atoms with van der Waals surface area (Å²) in [6, 6.07) is 66.6. The molecule has 11 aromatic carbocycles. The molecule has 0 saturated heterocycles. The number of nitrogens with zero attached hydrogens (tertiary/aromatic N) is 2. The number of furan rings is 1. The second-order valence-electron chi connectivity index (χ2n) is 17.1. The van der Waals surface area contributed by atoms with Crippen molar-refractivity contribution >= 4 is 93.1 Å². The Morgan fingerprint density at radius 2 is 0.838 bits per heavy atom. The molecular weight excluding hydrogens is 860 g/mol. The highest BCUT2D eigenvalue weighted by Crippen LogP contribution is 2.42. The lowest BCUT2D eigenvalue weighted by molar-refractivity contribution is 0.381. The number of fused-ring (bicyclic) bond motifs is 10. The molecule has 0 aliphatic rings. The third kappa shape index (κ3) is 6.11. The molecule has 13 aromatic rings. The molecule has 13 rings (SSSR count). The zero-order valence-electron chi connectivity index (χ0n) is 35.7. The lowest BCUT2D eigenvalue weighted by Gasteiger charge is -2.26. The molecule has 0 N–H and O–H groups in total. The van der Waals surface area contributed by atoms with E-state index in [4.69, 9.17) is 4.42 Å². The quantitative estimate of drug-likeness (QED) is 0.0718. The smallest absolute Gasteiger partial charge is 0.200 e. The fourth-order valence-corrected chi connectivity index (χ4v) is 10.1. The first kappa shape index (κ1) is 39.6. The minimum atomic E-state index is -2.20. The number of aromatic nitrogens is 1. The molecule has 0 aliphatic carbocycles. The lowest BCUT2D eigenvalue weighted by atomic mass is 9.98. The van der Waals surface area contributed by atoms with Crippen LogP contribution in [-0.4, -0.2) is 4.57 Å². The van der Waals surface area contributed by atoms with Crippen LogP contribution in [0.15, 0.2) is 205 Å². The number of rotatable bonds is 6. The van der Waals surface area contributed by atoms with Crippen molar-refractivity contribution in [1.82, 2.24) is 4.57 Å². The van der Waals surface area contributed by atoms with E-state index in [0.717, 1.165) is 104 Å². The summed E-state index contributed by atoms with van der Waals surface area (Å²) in [4.78, 5) is 2.01. The predicted octanol–water partition coefficient (Wildman–Crippen LogP) is 17.6. The zero-order valence-corrected chi connectivity index (χ0v) is 35.7. The molecular formula is C60H33F5N2O. The third-order valence-corrected chi connectivity index (χ3v) is 13.3. The number of hydrogen-bond donors (Lipinski definition) is 0. The van der Waals surface area contributed by atoms with Gasteiger partial charge in [0.15, 0.2) is 23.3 Å². The maximum atomic E-state index is 15.0. The van der Waals surface area contributed by atoms with Crippen LogP contribution in [0.1, 0.15) is 0 Å². The molecule has 3 nitrogen and oxygen atoms in total. The molecule has 0 atom stereocenters. The first-order valence-corrected chi connectivity index (χ1v) is 22.1. The van der Waals surface area contributed by atoms with Crippen LogP contribution >= 0.6 is 0 Å². The molecule has 0 aliphatic heterocycles. The van der Waals surface area contributed by atoms with E-state index >= 15 is 0 Å². The Bertz CT molecular complexity index is 4200. The largest absolute Gasteiger partial charge is 0.456 e. The van der Waals surface area contributed by atoms with Crippen LogP contribution in [0.25, 0.3) is 104 Å². The predicted molar refractivity (Wildman–Crippen MR) is 266 cm³/mol. The van der Waals surface area contributed by atoms with Crippen LogP contribution in [0.3, 0.4) is 0 Å². The SMILES string of the molecule is Fc1c(F)c(F)c(-c2ccc(N(c3ccc4cc(-c5ccc6c7ccccc7n(-c7ccc8c(c7)oc7ccccc78)c6c5)ccc4c3)c3ccc4c(ccc5ccccc54)c3)cc2)c(F)c1F. The van der Waals surface area contributed by atoms with Crippen molar-refractivity contribution in [2.75, 3.05) is 4.90 Å². The monoisotopic (exact) mass is 892 g/mol. The Morgan fingerprint density at radius 1 is 0.324 bits per heavy atom. The van der Waals surface area contributed by atoms with Crippen molar-refractivity contribution in [3.8, 4) is 27.9 Å². The van der Waals surface area contributed by atoms with Gasteiger partial charge in [0.05, 0.1) is 16.6 Å². The van der Waals surface area contributed by atoms with Crippen molar-refractivity contribution in [3.63, 3.8) is 0 Å². The molecule has 0 spiro atoms. The van der Waals surface area contributed by atoms with Gasteiger partial charge >= 0.3 is 0 Å². The molecule has 0 fully saturated rings. The van der Waals surface area contributed by atoms with Crippen LogP contribution < -0.4 is 4.90 Å². The highest BCUT2D eigenvalue weighted by atomic mass is 19.2. The summed E-state index contributed by atoms with van der Waals surface area (Å²) in [5, 5.41) is 10.7. The van der Waals surface area contributed by atoms with Gasteiger partial charge in [-0.15, -0.1) is 0 Å². The van der Waals surface area contributed by atoms with Gasteiger partial charge in [-0.25, -0.2) is 22.0 Å². The molecule has 8 heteroatoms. The number of para-hydroxylation sites is 2. The Labute approximate surface area is 384 Å². The van der Waals surface area contributed by atoms with Crippen molar-refractivity contribution in [3.05, 3.63) is 229 Å². The summed E-state index contributed by atoms with van der Waals surface area (Å²) in [5.74, 6) is -9.95. The number of halogens is 5. The van der Waals surface area contributed by atoms with Crippen molar-refractivity contribution < 1.29 is 26.4 Å². The van der Waals surface area contributed by atoms with Crippen LogP contribution in [0.2, 0.25) is 0 Å². The highest BCUT2D eigenvalue weighted by Gasteiger charge is 2.27. The van der Waals surface area contributed by atoms with Gasteiger partial charge in [-0.2, -0.15) is 0 Å². The standard InChI is InChI=1S/C60H33F5N2O/c61-56-55(57(62)59(64)60(65)58(56)63)35-17-21-41(22-18-35)66(43-24-27-46-40(31-43)16-13-34-7-1-2-8-45(34)46)42-23-19-37-29-36(14-15-38(37)30-42)39-20-26-48-47-9-3-5-11-51(47)67(52(48)32-39)44-25-28-50-49-10-4-6-12-53(49)68-54(50)33-44/h1-33H. The summed E-state index contributed by atoms with van der Waals surface area (Å²) in [5.41, 5.74) is 8.01. The topological polar surface area (TPSA) is 21.3 Å². The van der Waals surface area contributed by atoms with Crippen LogP contribution in [-0.2, 0) is 0 Å². The van der Waals surface area contributed by atoms with Gasteiger partial charge in [0.25, 0.3) is 0 Å². The fraction of sp³-hybridized carbons (Fsp3) is 0. The van der Waals surface area contributed by atoms with E-state index in [1.165, 1.54) is 12.1 Å². The maximum Gasteiger partial charge on any atom is 0.200 e. The molecule has 2 heterocycles. The third-order valence-electron chi connectivity index (χ3n) is 13.3. The van der Waals surface area contributed by atoms with E-state index in [1.807, 2.05) is 47.4 Å². The minimum Gasteiger partial charge on any atom is -0.456 e. The zero-order chi connectivity index (χ0) is 45.8. The van der Waals surface area contributed by atoms with Gasteiger partial charge in [-0.3, -0.25) is 0 Å². The van der Waals surface area contributed by atoms with E-state index < -0.39 is 34.6 Å². The second kappa shape index (κ2) is 15.2. The van der Waals surface area contributed by atoms with Gasteiger partial charge in [0.2, 0.25) is 5.82 Å².